The van der Waals surface area contributed by atoms with Gasteiger partial charge in [-0.2, -0.15) is 0 Å². The molecule has 2 heterocycles. The topological polar surface area (TPSA) is 98.2 Å². The molecule has 1 fully saturated rings. The zero-order valence-electron chi connectivity index (χ0n) is 22.1. The summed E-state index contributed by atoms with van der Waals surface area (Å²) in [5.41, 5.74) is 1.61. The number of amides is 1. The number of aliphatic hydroxyl groups is 1. The van der Waals surface area contributed by atoms with E-state index in [1.165, 1.54) is 16.2 Å². The number of aliphatic hydroxyl groups excluding tert-OH is 1. The number of carbonyl (C=O) groups excluding carboxylic acids is 2. The highest BCUT2D eigenvalue weighted by molar-refractivity contribution is 7.22. The quantitative estimate of drug-likeness (QED) is 0.106. The molecule has 1 aliphatic rings. The zero-order chi connectivity index (χ0) is 28.2. The SMILES string of the molecule is C=CCOc1ccc(C2C(=C(O)c3cccc(OCC)c3)C(=O)C(=O)N2c2nc3ccc(OCC)cc3s2)cc1. The van der Waals surface area contributed by atoms with Gasteiger partial charge in [-0.05, 0) is 61.9 Å². The molecule has 0 spiro atoms. The van der Waals surface area contributed by atoms with Crippen molar-refractivity contribution in [2.24, 2.45) is 0 Å². The molecule has 0 aliphatic carbocycles. The molecule has 1 atom stereocenters. The van der Waals surface area contributed by atoms with Gasteiger partial charge in [0.05, 0.1) is 35.0 Å². The average Bonchev–Trinajstić information content (AvgIpc) is 3.50. The molecule has 1 N–H and O–H groups in total. The lowest BCUT2D eigenvalue weighted by Gasteiger charge is -2.23. The number of benzene rings is 3. The van der Waals surface area contributed by atoms with Gasteiger partial charge in [-0.1, -0.05) is 48.3 Å². The molecule has 1 unspecified atom stereocenters. The number of ketones is 1. The van der Waals surface area contributed by atoms with Crippen molar-refractivity contribution in [3.8, 4) is 17.2 Å². The lowest BCUT2D eigenvalue weighted by atomic mass is 9.95. The fraction of sp³-hybridized carbons (Fsp3) is 0.194. The Morgan fingerprint density at radius 1 is 0.975 bits per heavy atom. The van der Waals surface area contributed by atoms with Crippen molar-refractivity contribution in [2.75, 3.05) is 24.7 Å². The minimum Gasteiger partial charge on any atom is -0.507 e. The van der Waals surface area contributed by atoms with Crippen molar-refractivity contribution < 1.29 is 28.9 Å². The molecule has 0 saturated carbocycles. The fourth-order valence-electron chi connectivity index (χ4n) is 4.55. The van der Waals surface area contributed by atoms with Crippen molar-refractivity contribution in [2.45, 2.75) is 19.9 Å². The van der Waals surface area contributed by atoms with Crippen LogP contribution in [0, 0.1) is 0 Å². The average molecular weight is 557 g/mol. The summed E-state index contributed by atoms with van der Waals surface area (Å²) in [6.45, 7) is 8.72. The van der Waals surface area contributed by atoms with Gasteiger partial charge >= 0.3 is 5.91 Å². The number of thiazole rings is 1. The third kappa shape index (κ3) is 5.15. The van der Waals surface area contributed by atoms with Crippen molar-refractivity contribution in [3.63, 3.8) is 0 Å². The predicted molar refractivity (Wildman–Crippen MR) is 155 cm³/mol. The first-order chi connectivity index (χ1) is 19.4. The Hall–Kier alpha value is -4.63. The molecule has 5 rings (SSSR count). The van der Waals surface area contributed by atoms with E-state index in [2.05, 4.69) is 11.6 Å². The normalized spacial score (nSPS) is 16.4. The number of aromatic nitrogens is 1. The van der Waals surface area contributed by atoms with Gasteiger partial charge < -0.3 is 19.3 Å². The summed E-state index contributed by atoms with van der Waals surface area (Å²) in [5, 5.41) is 11.8. The van der Waals surface area contributed by atoms with E-state index in [4.69, 9.17) is 14.2 Å². The van der Waals surface area contributed by atoms with Crippen LogP contribution < -0.4 is 19.1 Å². The second kappa shape index (κ2) is 11.6. The molecule has 9 heteroatoms. The number of hydrogen-bond donors (Lipinski definition) is 1. The first-order valence-electron chi connectivity index (χ1n) is 12.9. The van der Waals surface area contributed by atoms with Crippen molar-refractivity contribution in [3.05, 3.63) is 96.1 Å². The first-order valence-corrected chi connectivity index (χ1v) is 13.7. The third-order valence-corrected chi connectivity index (χ3v) is 7.31. The highest BCUT2D eigenvalue weighted by atomic mass is 32.1. The molecule has 0 radical (unpaired) electrons. The summed E-state index contributed by atoms with van der Waals surface area (Å²) in [6.07, 6.45) is 1.64. The van der Waals surface area contributed by atoms with Crippen LogP contribution in [-0.2, 0) is 9.59 Å². The van der Waals surface area contributed by atoms with E-state index in [0.717, 1.165) is 4.70 Å². The number of hydrogen-bond acceptors (Lipinski definition) is 8. The van der Waals surface area contributed by atoms with E-state index in [1.807, 2.05) is 32.0 Å². The molecule has 40 heavy (non-hydrogen) atoms. The lowest BCUT2D eigenvalue weighted by molar-refractivity contribution is -0.132. The third-order valence-electron chi connectivity index (χ3n) is 6.29. The minimum absolute atomic E-state index is 0.0346. The molecule has 1 aromatic heterocycles. The summed E-state index contributed by atoms with van der Waals surface area (Å²) < 4.78 is 17.6. The van der Waals surface area contributed by atoms with Gasteiger partial charge in [0.1, 0.15) is 29.6 Å². The molecule has 1 aliphatic heterocycles. The number of rotatable bonds is 10. The van der Waals surface area contributed by atoms with Crippen LogP contribution in [0.5, 0.6) is 17.2 Å². The highest BCUT2D eigenvalue weighted by Gasteiger charge is 2.48. The Labute approximate surface area is 235 Å². The lowest BCUT2D eigenvalue weighted by Crippen LogP contribution is -2.29. The van der Waals surface area contributed by atoms with Crippen LogP contribution in [0.4, 0.5) is 5.13 Å². The summed E-state index contributed by atoms with van der Waals surface area (Å²) >= 11 is 1.27. The smallest absolute Gasteiger partial charge is 0.301 e. The van der Waals surface area contributed by atoms with Gasteiger partial charge in [-0.25, -0.2) is 4.98 Å². The summed E-state index contributed by atoms with van der Waals surface area (Å²) in [5.74, 6) is -0.0350. The maximum absolute atomic E-state index is 13.6. The number of nitrogens with zero attached hydrogens (tertiary/aromatic N) is 2. The minimum atomic E-state index is -0.920. The monoisotopic (exact) mass is 556 g/mol. The van der Waals surface area contributed by atoms with Gasteiger partial charge in [0.2, 0.25) is 0 Å². The molecule has 4 aromatic rings. The molecule has 8 nitrogen and oxygen atoms in total. The number of carbonyl (C=O) groups is 2. The highest BCUT2D eigenvalue weighted by Crippen LogP contribution is 2.45. The molecule has 204 valence electrons. The van der Waals surface area contributed by atoms with E-state index in [0.29, 0.717) is 58.8 Å². The Bertz CT molecular complexity index is 1610. The molecule has 1 saturated heterocycles. The molecule has 1 amide bonds. The van der Waals surface area contributed by atoms with Gasteiger partial charge in [-0.15, -0.1) is 0 Å². The van der Waals surface area contributed by atoms with Crippen LogP contribution in [0.1, 0.15) is 31.0 Å². The van der Waals surface area contributed by atoms with Crippen molar-refractivity contribution in [1.82, 2.24) is 4.98 Å². The Kier molecular flexibility index (Phi) is 7.84. The van der Waals surface area contributed by atoms with Gasteiger partial charge in [0.15, 0.2) is 5.13 Å². The van der Waals surface area contributed by atoms with E-state index < -0.39 is 17.7 Å². The predicted octanol–water partition coefficient (Wildman–Crippen LogP) is 6.28. The van der Waals surface area contributed by atoms with Crippen molar-refractivity contribution >= 4 is 44.1 Å². The maximum Gasteiger partial charge on any atom is 0.301 e. The Morgan fingerprint density at radius 3 is 2.38 bits per heavy atom. The van der Waals surface area contributed by atoms with Gasteiger partial charge in [-0.3, -0.25) is 14.5 Å². The molecule has 0 bridgehead atoms. The molecular formula is C31H28N2O6S. The fourth-order valence-corrected chi connectivity index (χ4v) is 5.58. The van der Waals surface area contributed by atoms with Gasteiger partial charge in [0.25, 0.3) is 5.78 Å². The Balaban J connectivity index is 1.65. The van der Waals surface area contributed by atoms with Crippen molar-refractivity contribution in [1.29, 1.82) is 0 Å². The number of Topliss-reactive ketones (excluding diaryl/α,β-unsaturated/α-hetero) is 1. The second-order valence-corrected chi connectivity index (χ2v) is 9.87. The van der Waals surface area contributed by atoms with Crippen LogP contribution >= 0.6 is 11.3 Å². The zero-order valence-corrected chi connectivity index (χ0v) is 22.9. The van der Waals surface area contributed by atoms with E-state index in [1.54, 1.807) is 54.6 Å². The van der Waals surface area contributed by atoms with Crippen LogP contribution in [0.2, 0.25) is 0 Å². The summed E-state index contributed by atoms with van der Waals surface area (Å²) in [6, 6.07) is 18.4. The maximum atomic E-state index is 13.6. The Morgan fingerprint density at radius 2 is 1.68 bits per heavy atom. The van der Waals surface area contributed by atoms with Crippen LogP contribution in [-0.4, -0.2) is 41.6 Å². The molecular weight excluding hydrogens is 528 g/mol. The standard InChI is InChI=1S/C31H28N2O6S/c1-4-16-39-21-12-10-19(11-13-21)27-26(28(34)20-8-7-9-22(17-20)37-5-2)29(35)30(36)33(27)31-32-24-15-14-23(38-6-3)18-25(24)40-31/h4,7-15,17-18,27,34H,1,5-6,16H2,2-3H3. The second-order valence-electron chi connectivity index (χ2n) is 8.86. The van der Waals surface area contributed by atoms with E-state index in [-0.39, 0.29) is 11.3 Å². The van der Waals surface area contributed by atoms with E-state index >= 15 is 0 Å². The summed E-state index contributed by atoms with van der Waals surface area (Å²) in [7, 11) is 0. The first kappa shape index (κ1) is 27.0. The van der Waals surface area contributed by atoms with Crippen LogP contribution in [0.3, 0.4) is 0 Å². The molecule has 3 aromatic carbocycles. The van der Waals surface area contributed by atoms with E-state index in [9.17, 15) is 14.7 Å². The number of ether oxygens (including phenoxy) is 3. The van der Waals surface area contributed by atoms with Crippen LogP contribution in [0.15, 0.2) is 85.0 Å². The van der Waals surface area contributed by atoms with Crippen LogP contribution in [0.25, 0.3) is 16.0 Å². The van der Waals surface area contributed by atoms with Gasteiger partial charge in [0, 0.05) is 5.56 Å². The number of fused-ring (bicyclic) bond motifs is 1. The summed E-state index contributed by atoms with van der Waals surface area (Å²) in [4.78, 5) is 33.1. The number of anilines is 1. The largest absolute Gasteiger partial charge is 0.507 e.